The van der Waals surface area contributed by atoms with Crippen molar-refractivity contribution in [1.82, 2.24) is 19.1 Å². The summed E-state index contributed by atoms with van der Waals surface area (Å²) >= 11 is 0. The Bertz CT molecular complexity index is 1960. The molecule has 0 aliphatic heterocycles. The molecule has 0 bridgehead atoms. The molecule has 4 aromatic carbocycles. The van der Waals surface area contributed by atoms with Crippen LogP contribution in [-0.2, 0) is 0 Å². The van der Waals surface area contributed by atoms with Crippen molar-refractivity contribution in [1.29, 1.82) is 0 Å². The molecule has 8 nitrogen and oxygen atoms in total. The van der Waals surface area contributed by atoms with Gasteiger partial charge in [0.2, 0.25) is 0 Å². The third kappa shape index (κ3) is 3.79. The number of aromatic nitrogens is 4. The second-order valence-electron chi connectivity index (χ2n) is 9.33. The van der Waals surface area contributed by atoms with E-state index < -0.39 is 22.5 Å². The topological polar surface area (TPSA) is 110 Å². The lowest BCUT2D eigenvalue weighted by molar-refractivity contribution is 0.900. The molecule has 0 amide bonds. The first-order valence-electron chi connectivity index (χ1n) is 12.0. The zero-order valence-electron chi connectivity index (χ0n) is 20.6. The van der Waals surface area contributed by atoms with E-state index in [1.807, 2.05) is 38.1 Å². The third-order valence-electron chi connectivity index (χ3n) is 6.71. The van der Waals surface area contributed by atoms with Crippen LogP contribution < -0.4 is 22.5 Å². The maximum Gasteiger partial charge on any atom is 0.333 e. The molecule has 6 rings (SSSR count). The summed E-state index contributed by atoms with van der Waals surface area (Å²) in [6.07, 6.45) is 0. The number of rotatable bonds is 3. The summed E-state index contributed by atoms with van der Waals surface area (Å²) in [5.74, 6) is 0. The lowest BCUT2D eigenvalue weighted by atomic mass is 10.0. The van der Waals surface area contributed by atoms with Crippen LogP contribution in [0.15, 0.2) is 104 Å². The molecule has 2 aromatic heterocycles. The molecular formula is C30H22N4O4. The van der Waals surface area contributed by atoms with Gasteiger partial charge >= 0.3 is 11.4 Å². The molecule has 8 heteroatoms. The van der Waals surface area contributed by atoms with Crippen LogP contribution in [0.3, 0.4) is 0 Å². The minimum Gasteiger partial charge on any atom is -0.306 e. The lowest BCUT2D eigenvalue weighted by Gasteiger charge is -2.10. The Labute approximate surface area is 215 Å². The molecule has 6 aromatic rings. The first kappa shape index (κ1) is 23.2. The highest BCUT2D eigenvalue weighted by Gasteiger charge is 2.13. The van der Waals surface area contributed by atoms with Crippen molar-refractivity contribution in [2.75, 3.05) is 0 Å². The summed E-state index contributed by atoms with van der Waals surface area (Å²) in [5, 5.41) is 0.669. The quantitative estimate of drug-likeness (QED) is 0.382. The van der Waals surface area contributed by atoms with Gasteiger partial charge in [-0.3, -0.25) is 9.59 Å². The Hall–Kier alpha value is -5.24. The smallest absolute Gasteiger partial charge is 0.306 e. The summed E-state index contributed by atoms with van der Waals surface area (Å²) < 4.78 is 2.22. The van der Waals surface area contributed by atoms with E-state index in [-0.39, 0.29) is 0 Å². The number of aromatic amines is 2. The van der Waals surface area contributed by atoms with Crippen molar-refractivity contribution in [3.05, 3.63) is 138 Å². The van der Waals surface area contributed by atoms with Gasteiger partial charge in [-0.15, -0.1) is 0 Å². The molecule has 0 radical (unpaired) electrons. The number of hydrogen-bond donors (Lipinski definition) is 2. The molecule has 2 N–H and O–H groups in total. The fourth-order valence-corrected chi connectivity index (χ4v) is 4.64. The van der Waals surface area contributed by atoms with Crippen LogP contribution in [-0.4, -0.2) is 19.1 Å². The maximum atomic E-state index is 13.4. The average molecular weight is 503 g/mol. The molecule has 0 unspecified atom stereocenters. The highest BCUT2D eigenvalue weighted by molar-refractivity contribution is 5.88. The monoisotopic (exact) mass is 502 g/mol. The molecule has 0 atom stereocenters. The first-order valence-corrected chi connectivity index (χ1v) is 12.0. The predicted molar refractivity (Wildman–Crippen MR) is 149 cm³/mol. The standard InChI is InChI=1S/C30H22N4O4/c1-17-3-9-21(10-4-17)33-27(35)23-15-19(7-13-25(23)31-29(33)37)20-8-14-26-24(16-20)28(36)34(30(38)32-26)22-11-5-18(2)6-12-22/h3-16H,1-2H3,(H,31,37)(H,32,38). The van der Waals surface area contributed by atoms with Gasteiger partial charge in [0, 0.05) is 0 Å². The van der Waals surface area contributed by atoms with Gasteiger partial charge in [0.25, 0.3) is 11.1 Å². The number of H-pyrrole nitrogens is 2. The van der Waals surface area contributed by atoms with E-state index >= 15 is 0 Å². The molecular weight excluding hydrogens is 480 g/mol. The van der Waals surface area contributed by atoms with Crippen LogP contribution in [0.4, 0.5) is 0 Å². The van der Waals surface area contributed by atoms with E-state index in [2.05, 4.69) is 9.97 Å². The summed E-state index contributed by atoms with van der Waals surface area (Å²) in [4.78, 5) is 57.8. The van der Waals surface area contributed by atoms with Gasteiger partial charge in [-0.05, 0) is 73.5 Å². The molecule has 38 heavy (non-hydrogen) atoms. The van der Waals surface area contributed by atoms with Crippen LogP contribution in [0, 0.1) is 13.8 Å². The number of benzene rings is 4. The minimum atomic E-state index is -0.523. The highest BCUT2D eigenvalue weighted by atomic mass is 16.2. The van der Waals surface area contributed by atoms with E-state index in [0.717, 1.165) is 20.3 Å². The lowest BCUT2D eigenvalue weighted by Crippen LogP contribution is -2.33. The van der Waals surface area contributed by atoms with Gasteiger partial charge in [-0.2, -0.15) is 0 Å². The van der Waals surface area contributed by atoms with Crippen LogP contribution in [0.2, 0.25) is 0 Å². The van der Waals surface area contributed by atoms with Crippen molar-refractivity contribution >= 4 is 21.8 Å². The van der Waals surface area contributed by atoms with Gasteiger partial charge in [-0.25, -0.2) is 18.7 Å². The van der Waals surface area contributed by atoms with E-state index in [0.29, 0.717) is 44.3 Å². The normalized spacial score (nSPS) is 11.3. The summed E-state index contributed by atoms with van der Waals surface area (Å²) in [5.41, 5.74) is 3.25. The molecule has 0 spiro atoms. The molecule has 186 valence electrons. The second-order valence-corrected chi connectivity index (χ2v) is 9.33. The number of fused-ring (bicyclic) bond motifs is 2. The van der Waals surface area contributed by atoms with E-state index in [4.69, 9.17) is 0 Å². The molecule has 2 heterocycles. The molecule has 0 saturated heterocycles. The largest absolute Gasteiger partial charge is 0.333 e. The van der Waals surface area contributed by atoms with Crippen molar-refractivity contribution in [2.24, 2.45) is 0 Å². The predicted octanol–water partition coefficient (Wildman–Crippen LogP) is 3.96. The third-order valence-corrected chi connectivity index (χ3v) is 6.71. The SMILES string of the molecule is Cc1ccc(-n2c(=O)[nH]c3ccc(-c4ccc5[nH]c(=O)n(-c6ccc(C)cc6)c(=O)c5c4)cc3c2=O)cc1. The van der Waals surface area contributed by atoms with Gasteiger partial charge in [-0.1, -0.05) is 47.5 Å². The number of nitrogens with zero attached hydrogens (tertiary/aromatic N) is 2. The Morgan fingerprint density at radius 2 is 0.868 bits per heavy atom. The highest BCUT2D eigenvalue weighted by Crippen LogP contribution is 2.24. The minimum absolute atomic E-state index is 0.335. The van der Waals surface area contributed by atoms with Crippen molar-refractivity contribution in [3.63, 3.8) is 0 Å². The van der Waals surface area contributed by atoms with Crippen molar-refractivity contribution in [2.45, 2.75) is 13.8 Å². The zero-order chi connectivity index (χ0) is 26.6. The second kappa shape index (κ2) is 8.70. The van der Waals surface area contributed by atoms with Crippen LogP contribution in [0.1, 0.15) is 11.1 Å². The van der Waals surface area contributed by atoms with Crippen LogP contribution in [0.5, 0.6) is 0 Å². The molecule has 0 aliphatic rings. The Morgan fingerprint density at radius 1 is 0.500 bits per heavy atom. The summed E-state index contributed by atoms with van der Waals surface area (Å²) in [6, 6.07) is 24.6. The average Bonchev–Trinajstić information content (AvgIpc) is 2.90. The maximum absolute atomic E-state index is 13.4. The van der Waals surface area contributed by atoms with Crippen molar-refractivity contribution in [3.8, 4) is 22.5 Å². The van der Waals surface area contributed by atoms with Gasteiger partial charge < -0.3 is 9.97 Å². The van der Waals surface area contributed by atoms with Gasteiger partial charge in [0.1, 0.15) is 0 Å². The number of aryl methyl sites for hydroxylation is 2. The van der Waals surface area contributed by atoms with Gasteiger partial charge in [0.15, 0.2) is 0 Å². The van der Waals surface area contributed by atoms with Crippen molar-refractivity contribution < 1.29 is 0 Å². The van der Waals surface area contributed by atoms with E-state index in [1.54, 1.807) is 60.7 Å². The number of hydrogen-bond acceptors (Lipinski definition) is 4. The Balaban J connectivity index is 1.53. The summed E-state index contributed by atoms with van der Waals surface area (Å²) in [6.45, 7) is 3.86. The molecule has 0 aliphatic carbocycles. The number of nitrogens with one attached hydrogen (secondary N) is 2. The molecule has 0 fully saturated rings. The fourth-order valence-electron chi connectivity index (χ4n) is 4.64. The first-order chi connectivity index (χ1) is 18.3. The van der Waals surface area contributed by atoms with Crippen LogP contribution in [0.25, 0.3) is 44.3 Å². The zero-order valence-corrected chi connectivity index (χ0v) is 20.6. The van der Waals surface area contributed by atoms with Gasteiger partial charge in [0.05, 0.1) is 33.2 Å². The summed E-state index contributed by atoms with van der Waals surface area (Å²) in [7, 11) is 0. The fraction of sp³-hybridized carbons (Fsp3) is 0.0667. The molecule has 0 saturated carbocycles. The Kier molecular flexibility index (Phi) is 5.31. The van der Waals surface area contributed by atoms with E-state index in [1.165, 1.54) is 0 Å². The van der Waals surface area contributed by atoms with Crippen LogP contribution >= 0.6 is 0 Å². The Morgan fingerprint density at radius 3 is 1.24 bits per heavy atom. The van der Waals surface area contributed by atoms with E-state index in [9.17, 15) is 19.2 Å².